The zero-order valence-electron chi connectivity index (χ0n) is 17.8. The molecular formula is C27H23N2O2+. The number of fused-ring (bicyclic) bond motifs is 3. The Morgan fingerprint density at radius 3 is 2.19 bits per heavy atom. The van der Waals surface area contributed by atoms with Gasteiger partial charge in [-0.05, 0) is 37.3 Å². The van der Waals surface area contributed by atoms with Crippen molar-refractivity contribution < 1.29 is 14.0 Å². The standard InChI is InChI=1S/C27H23N2O2/c1-18-21(14-8-16-28-2)30-22-12-6-4-10-19(22)25(18)26-20-11-5-7-13-23(20)31-24-15-9-17-29(3)27(24)26/h4-17H,1-3H3/q+1/b14-8-,26-25-,28-16?. The maximum absolute atomic E-state index is 6.28. The summed E-state index contributed by atoms with van der Waals surface area (Å²) in [6.45, 7) is 2.11. The molecule has 3 heterocycles. The number of hydrogen-bond acceptors (Lipinski definition) is 3. The summed E-state index contributed by atoms with van der Waals surface area (Å²) < 4.78 is 14.7. The van der Waals surface area contributed by atoms with E-state index in [0.29, 0.717) is 0 Å². The van der Waals surface area contributed by atoms with Crippen LogP contribution in [0.2, 0.25) is 0 Å². The summed E-state index contributed by atoms with van der Waals surface area (Å²) in [6, 6.07) is 20.4. The molecule has 4 nitrogen and oxygen atoms in total. The average molecular weight is 407 g/mol. The predicted octanol–water partition coefficient (Wildman–Crippen LogP) is 5.50. The Labute approximate surface area is 182 Å². The molecule has 0 radical (unpaired) electrons. The van der Waals surface area contributed by atoms with Crippen molar-refractivity contribution in [2.24, 2.45) is 12.0 Å². The number of nitrogens with zero attached hydrogens (tertiary/aromatic N) is 2. The lowest BCUT2D eigenvalue weighted by Gasteiger charge is -2.28. The van der Waals surface area contributed by atoms with E-state index in [9.17, 15) is 0 Å². The highest BCUT2D eigenvalue weighted by atomic mass is 16.5. The number of aromatic nitrogens is 1. The van der Waals surface area contributed by atoms with Crippen molar-refractivity contribution in [1.29, 1.82) is 0 Å². The van der Waals surface area contributed by atoms with Gasteiger partial charge in [-0.3, -0.25) is 4.99 Å². The van der Waals surface area contributed by atoms with Gasteiger partial charge in [0.2, 0.25) is 0 Å². The molecule has 1 aromatic heterocycles. The van der Waals surface area contributed by atoms with E-state index in [1.165, 1.54) is 0 Å². The smallest absolute Gasteiger partial charge is 0.256 e. The van der Waals surface area contributed by atoms with Gasteiger partial charge in [-0.25, -0.2) is 0 Å². The van der Waals surface area contributed by atoms with E-state index in [-0.39, 0.29) is 0 Å². The summed E-state index contributed by atoms with van der Waals surface area (Å²) in [5, 5.41) is 0. The number of aryl methyl sites for hydroxylation is 1. The highest BCUT2D eigenvalue weighted by Crippen LogP contribution is 2.50. The predicted molar refractivity (Wildman–Crippen MR) is 123 cm³/mol. The SMILES string of the molecule is CN=C/C=C\C1=C(C)C(=C2\c3ccccc3Oc3ccc[n+](C)c32)/c2ccccc2O1. The maximum Gasteiger partial charge on any atom is 0.256 e. The molecule has 0 saturated carbocycles. The van der Waals surface area contributed by atoms with Crippen LogP contribution in [0.3, 0.4) is 0 Å². The van der Waals surface area contributed by atoms with Crippen LogP contribution in [-0.2, 0) is 7.05 Å². The molecule has 4 heteroatoms. The Morgan fingerprint density at radius 2 is 1.45 bits per heavy atom. The van der Waals surface area contributed by atoms with Crippen molar-refractivity contribution >= 4 is 17.4 Å². The molecular weight excluding hydrogens is 384 g/mol. The summed E-state index contributed by atoms with van der Waals surface area (Å²) in [4.78, 5) is 4.05. The molecule has 0 amide bonds. The van der Waals surface area contributed by atoms with Gasteiger partial charge in [0.25, 0.3) is 5.69 Å². The lowest BCUT2D eigenvalue weighted by molar-refractivity contribution is -0.674. The fraction of sp³-hybridized carbons (Fsp3) is 0.111. The van der Waals surface area contributed by atoms with Gasteiger partial charge in [0.05, 0.1) is 5.57 Å². The van der Waals surface area contributed by atoms with Crippen LogP contribution in [0.25, 0.3) is 11.1 Å². The van der Waals surface area contributed by atoms with Gasteiger partial charge in [-0.1, -0.05) is 36.4 Å². The zero-order valence-corrected chi connectivity index (χ0v) is 17.8. The summed E-state index contributed by atoms with van der Waals surface area (Å²) in [6.07, 6.45) is 7.69. The number of ether oxygens (including phenoxy) is 2. The highest BCUT2D eigenvalue weighted by Gasteiger charge is 2.35. The molecule has 0 bridgehead atoms. The first kappa shape index (κ1) is 19.1. The number of hydrogen-bond donors (Lipinski definition) is 0. The number of pyridine rings is 1. The molecule has 0 atom stereocenters. The number of para-hydroxylation sites is 2. The van der Waals surface area contributed by atoms with Crippen LogP contribution in [0, 0.1) is 0 Å². The average Bonchev–Trinajstić information content (AvgIpc) is 2.79. The summed E-state index contributed by atoms with van der Waals surface area (Å²) in [7, 11) is 3.81. The molecule has 0 N–H and O–H groups in total. The molecule has 31 heavy (non-hydrogen) atoms. The summed E-state index contributed by atoms with van der Waals surface area (Å²) in [5.74, 6) is 3.35. The topological polar surface area (TPSA) is 34.7 Å². The Balaban J connectivity index is 1.90. The van der Waals surface area contributed by atoms with Crippen LogP contribution in [0.4, 0.5) is 0 Å². The van der Waals surface area contributed by atoms with E-state index in [2.05, 4.69) is 54.0 Å². The minimum absolute atomic E-state index is 0.810. The third-order valence-electron chi connectivity index (χ3n) is 5.61. The van der Waals surface area contributed by atoms with Crippen molar-refractivity contribution in [3.63, 3.8) is 0 Å². The largest absolute Gasteiger partial charge is 0.456 e. The summed E-state index contributed by atoms with van der Waals surface area (Å²) in [5.41, 5.74) is 6.55. The van der Waals surface area contributed by atoms with Gasteiger partial charge in [-0.2, -0.15) is 4.57 Å². The van der Waals surface area contributed by atoms with Crippen LogP contribution >= 0.6 is 0 Å². The number of allylic oxidation sites excluding steroid dienone is 4. The molecule has 2 aliphatic rings. The molecule has 0 saturated heterocycles. The van der Waals surface area contributed by atoms with Gasteiger partial charge >= 0.3 is 0 Å². The van der Waals surface area contributed by atoms with E-state index >= 15 is 0 Å². The van der Waals surface area contributed by atoms with Crippen molar-refractivity contribution in [1.82, 2.24) is 0 Å². The minimum Gasteiger partial charge on any atom is -0.456 e. The van der Waals surface area contributed by atoms with Crippen LogP contribution in [0.15, 0.2) is 95.3 Å². The molecule has 0 aliphatic carbocycles. The highest BCUT2D eigenvalue weighted by molar-refractivity contribution is 6.07. The number of rotatable bonds is 2. The van der Waals surface area contributed by atoms with E-state index < -0.39 is 0 Å². The second kappa shape index (κ2) is 7.73. The molecule has 0 unspecified atom stereocenters. The van der Waals surface area contributed by atoms with Crippen LogP contribution in [0.5, 0.6) is 17.2 Å². The first-order valence-corrected chi connectivity index (χ1v) is 10.3. The monoisotopic (exact) mass is 407 g/mol. The lowest BCUT2D eigenvalue weighted by atomic mass is 9.84. The first-order valence-electron chi connectivity index (χ1n) is 10.3. The van der Waals surface area contributed by atoms with Gasteiger partial charge in [0.1, 0.15) is 24.3 Å². The van der Waals surface area contributed by atoms with Gasteiger partial charge in [-0.15, -0.1) is 0 Å². The Morgan fingerprint density at radius 1 is 0.806 bits per heavy atom. The molecule has 0 fully saturated rings. The Hall–Kier alpha value is -3.92. The van der Waals surface area contributed by atoms with Gasteiger partial charge < -0.3 is 9.47 Å². The van der Waals surface area contributed by atoms with E-state index in [0.717, 1.165) is 56.5 Å². The lowest BCUT2D eigenvalue weighted by Crippen LogP contribution is -2.34. The minimum atomic E-state index is 0.810. The fourth-order valence-corrected chi connectivity index (χ4v) is 4.21. The molecule has 3 aromatic rings. The van der Waals surface area contributed by atoms with Gasteiger partial charge in [0.15, 0.2) is 11.9 Å². The molecule has 2 aliphatic heterocycles. The van der Waals surface area contributed by atoms with E-state index in [1.807, 2.05) is 48.6 Å². The van der Waals surface area contributed by atoms with E-state index in [4.69, 9.17) is 9.47 Å². The van der Waals surface area contributed by atoms with E-state index in [1.54, 1.807) is 13.3 Å². The Bertz CT molecular complexity index is 1310. The van der Waals surface area contributed by atoms with Crippen LogP contribution in [0.1, 0.15) is 23.7 Å². The number of benzene rings is 2. The second-order valence-electron chi connectivity index (χ2n) is 7.53. The fourth-order valence-electron chi connectivity index (χ4n) is 4.21. The second-order valence-corrected chi connectivity index (χ2v) is 7.53. The zero-order chi connectivity index (χ0) is 21.4. The Kier molecular flexibility index (Phi) is 4.75. The summed E-state index contributed by atoms with van der Waals surface area (Å²) >= 11 is 0. The quantitative estimate of drug-likeness (QED) is 0.325. The molecule has 0 spiro atoms. The van der Waals surface area contributed by atoms with Crippen molar-refractivity contribution in [2.45, 2.75) is 6.92 Å². The third-order valence-corrected chi connectivity index (χ3v) is 5.61. The third kappa shape index (κ3) is 3.17. The van der Waals surface area contributed by atoms with Crippen molar-refractivity contribution in [3.05, 3.63) is 107 Å². The maximum atomic E-state index is 6.28. The number of aliphatic imine (C=N–C) groups is 1. The normalized spacial score (nSPS) is 17.3. The molecule has 152 valence electrons. The van der Waals surface area contributed by atoms with Crippen LogP contribution < -0.4 is 14.0 Å². The van der Waals surface area contributed by atoms with Crippen molar-refractivity contribution in [2.75, 3.05) is 7.05 Å². The van der Waals surface area contributed by atoms with Crippen LogP contribution in [-0.4, -0.2) is 13.3 Å². The molecule has 2 aromatic carbocycles. The molecule has 5 rings (SSSR count). The van der Waals surface area contributed by atoms with Gasteiger partial charge in [0, 0.05) is 41.6 Å². The van der Waals surface area contributed by atoms with Crippen molar-refractivity contribution in [3.8, 4) is 17.2 Å². The first-order chi connectivity index (χ1) is 15.2.